The third-order valence-electron chi connectivity index (χ3n) is 3.92. The van der Waals surface area contributed by atoms with Crippen molar-refractivity contribution in [2.45, 2.75) is 6.61 Å². The van der Waals surface area contributed by atoms with Gasteiger partial charge in [0.25, 0.3) is 0 Å². The Kier molecular flexibility index (Phi) is 6.55. The van der Waals surface area contributed by atoms with Crippen molar-refractivity contribution in [3.8, 4) is 5.75 Å². The molecule has 2 N–H and O–H groups in total. The summed E-state index contributed by atoms with van der Waals surface area (Å²) in [6.07, 6.45) is 3.43. The van der Waals surface area contributed by atoms with Gasteiger partial charge in [-0.3, -0.25) is 5.43 Å². The normalized spacial score (nSPS) is 10.7. The van der Waals surface area contributed by atoms with Crippen molar-refractivity contribution in [1.82, 2.24) is 10.7 Å². The van der Waals surface area contributed by atoms with Crippen LogP contribution in [0.15, 0.2) is 84.5 Å². The standard InChI is InChI=1S/C22H21N3OS/c1-2-13-23-22(27)25-24-15-17-7-5-11-20(14-17)26-16-19-10-6-9-18-8-3-4-12-21(18)19/h2-12,14-15H,1,13,16H2,(H2,23,25,27)/b24-15+. The molecule has 0 spiro atoms. The molecular formula is C22H21N3OS. The highest BCUT2D eigenvalue weighted by Gasteiger charge is 2.02. The van der Waals surface area contributed by atoms with Gasteiger partial charge in [-0.1, -0.05) is 60.7 Å². The zero-order valence-corrected chi connectivity index (χ0v) is 15.7. The van der Waals surface area contributed by atoms with Crippen LogP contribution >= 0.6 is 12.2 Å². The summed E-state index contributed by atoms with van der Waals surface area (Å²) in [5.74, 6) is 0.791. The molecule has 5 heteroatoms. The lowest BCUT2D eigenvalue weighted by atomic mass is 10.1. The van der Waals surface area contributed by atoms with E-state index in [1.54, 1.807) is 12.3 Å². The number of hydrogen-bond acceptors (Lipinski definition) is 3. The molecule has 0 saturated carbocycles. The van der Waals surface area contributed by atoms with Crippen molar-refractivity contribution in [3.05, 3.63) is 90.5 Å². The van der Waals surface area contributed by atoms with Gasteiger partial charge >= 0.3 is 0 Å². The lowest BCUT2D eigenvalue weighted by Gasteiger charge is -2.09. The molecule has 0 unspecified atom stereocenters. The van der Waals surface area contributed by atoms with E-state index < -0.39 is 0 Å². The first-order valence-corrected chi connectivity index (χ1v) is 9.04. The van der Waals surface area contributed by atoms with E-state index in [0.717, 1.165) is 16.9 Å². The number of hydrazone groups is 1. The molecule has 4 nitrogen and oxygen atoms in total. The Morgan fingerprint density at radius 1 is 1.07 bits per heavy atom. The average Bonchev–Trinajstić information content (AvgIpc) is 2.71. The molecule has 0 aliphatic carbocycles. The molecule has 0 aliphatic heterocycles. The molecule has 0 aliphatic rings. The van der Waals surface area contributed by atoms with Crippen LogP contribution in [0, 0.1) is 0 Å². The predicted molar refractivity (Wildman–Crippen MR) is 116 cm³/mol. The van der Waals surface area contributed by atoms with Gasteiger partial charge in [-0.2, -0.15) is 5.10 Å². The molecule has 0 bridgehead atoms. The number of thiocarbonyl (C=S) groups is 1. The van der Waals surface area contributed by atoms with Gasteiger partial charge in [0.1, 0.15) is 12.4 Å². The summed E-state index contributed by atoms with van der Waals surface area (Å²) in [6.45, 7) is 4.73. The molecule has 3 aromatic rings. The average molecular weight is 375 g/mol. The highest BCUT2D eigenvalue weighted by Crippen LogP contribution is 2.21. The van der Waals surface area contributed by atoms with E-state index in [4.69, 9.17) is 17.0 Å². The lowest BCUT2D eigenvalue weighted by molar-refractivity contribution is 0.307. The van der Waals surface area contributed by atoms with E-state index in [2.05, 4.69) is 52.8 Å². The Labute approximate surface area is 164 Å². The van der Waals surface area contributed by atoms with Crippen LogP contribution in [0.5, 0.6) is 5.75 Å². The highest BCUT2D eigenvalue weighted by molar-refractivity contribution is 7.80. The number of ether oxygens (including phenoxy) is 1. The van der Waals surface area contributed by atoms with E-state index in [9.17, 15) is 0 Å². The van der Waals surface area contributed by atoms with Gasteiger partial charge in [0.05, 0.1) is 6.21 Å². The number of fused-ring (bicyclic) bond motifs is 1. The van der Waals surface area contributed by atoms with Gasteiger partial charge in [0.2, 0.25) is 0 Å². The van der Waals surface area contributed by atoms with Gasteiger partial charge in [0.15, 0.2) is 5.11 Å². The van der Waals surface area contributed by atoms with Crippen LogP contribution in [0.25, 0.3) is 10.8 Å². The summed E-state index contributed by atoms with van der Waals surface area (Å²) < 4.78 is 5.99. The van der Waals surface area contributed by atoms with Crippen molar-refractivity contribution < 1.29 is 4.74 Å². The van der Waals surface area contributed by atoms with Crippen LogP contribution < -0.4 is 15.5 Å². The van der Waals surface area contributed by atoms with E-state index in [-0.39, 0.29) is 0 Å². The molecule has 27 heavy (non-hydrogen) atoms. The molecule has 136 valence electrons. The Morgan fingerprint density at radius 2 is 1.89 bits per heavy atom. The van der Waals surface area contributed by atoms with Crippen LogP contribution in [0.3, 0.4) is 0 Å². The van der Waals surface area contributed by atoms with Crippen LogP contribution in [0.2, 0.25) is 0 Å². The zero-order chi connectivity index (χ0) is 18.9. The van der Waals surface area contributed by atoms with Crippen molar-refractivity contribution >= 4 is 34.3 Å². The predicted octanol–water partition coefficient (Wildman–Crippen LogP) is 4.40. The van der Waals surface area contributed by atoms with Gasteiger partial charge < -0.3 is 10.1 Å². The second kappa shape index (κ2) is 9.50. The summed E-state index contributed by atoms with van der Waals surface area (Å²) in [5.41, 5.74) is 4.85. The molecule has 0 atom stereocenters. The molecular weight excluding hydrogens is 354 g/mol. The molecule has 0 saturated heterocycles. The van der Waals surface area contributed by atoms with Crippen molar-refractivity contribution in [1.29, 1.82) is 0 Å². The number of hydrogen-bond donors (Lipinski definition) is 2. The fourth-order valence-electron chi connectivity index (χ4n) is 2.63. The molecule has 0 aromatic heterocycles. The summed E-state index contributed by atoms with van der Waals surface area (Å²) in [7, 11) is 0. The molecule has 3 rings (SSSR count). The minimum atomic E-state index is 0.453. The van der Waals surface area contributed by atoms with Gasteiger partial charge in [0, 0.05) is 6.54 Å². The maximum atomic E-state index is 5.99. The second-order valence-corrected chi connectivity index (χ2v) is 6.28. The summed E-state index contributed by atoms with van der Waals surface area (Å²) >= 11 is 5.09. The van der Waals surface area contributed by atoms with Gasteiger partial charge in [-0.15, -0.1) is 6.58 Å². The first kappa shape index (κ1) is 18.6. The fourth-order valence-corrected chi connectivity index (χ4v) is 2.77. The third-order valence-corrected chi connectivity index (χ3v) is 4.15. The first-order chi connectivity index (χ1) is 13.3. The quantitative estimate of drug-likeness (QED) is 0.278. The van der Waals surface area contributed by atoms with E-state index >= 15 is 0 Å². The largest absolute Gasteiger partial charge is 0.489 e. The van der Waals surface area contributed by atoms with E-state index in [0.29, 0.717) is 18.3 Å². The van der Waals surface area contributed by atoms with Crippen molar-refractivity contribution in [3.63, 3.8) is 0 Å². The first-order valence-electron chi connectivity index (χ1n) is 8.63. The minimum absolute atomic E-state index is 0.453. The number of nitrogens with one attached hydrogen (secondary N) is 2. The fraction of sp³-hybridized carbons (Fsp3) is 0.0909. The third kappa shape index (κ3) is 5.39. The smallest absolute Gasteiger partial charge is 0.187 e. The minimum Gasteiger partial charge on any atom is -0.489 e. The van der Waals surface area contributed by atoms with Crippen LogP contribution in [-0.2, 0) is 6.61 Å². The number of nitrogens with zero attached hydrogens (tertiary/aromatic N) is 1. The molecule has 0 fully saturated rings. The molecule has 0 amide bonds. The lowest BCUT2D eigenvalue weighted by Crippen LogP contribution is -2.31. The van der Waals surface area contributed by atoms with Gasteiger partial charge in [-0.05, 0) is 46.2 Å². The monoisotopic (exact) mass is 375 g/mol. The maximum Gasteiger partial charge on any atom is 0.187 e. The van der Waals surface area contributed by atoms with Crippen LogP contribution in [0.4, 0.5) is 0 Å². The molecule has 0 radical (unpaired) electrons. The SMILES string of the molecule is C=CCNC(=S)N/N=C/c1cccc(OCc2cccc3ccccc23)c1. The molecule has 0 heterocycles. The van der Waals surface area contributed by atoms with Crippen LogP contribution in [-0.4, -0.2) is 17.9 Å². The highest BCUT2D eigenvalue weighted by atomic mass is 32.1. The van der Waals surface area contributed by atoms with Crippen molar-refractivity contribution in [2.24, 2.45) is 5.10 Å². The molecule has 3 aromatic carbocycles. The van der Waals surface area contributed by atoms with Gasteiger partial charge in [-0.25, -0.2) is 0 Å². The van der Waals surface area contributed by atoms with E-state index in [1.165, 1.54) is 10.8 Å². The number of rotatable bonds is 7. The Morgan fingerprint density at radius 3 is 2.78 bits per heavy atom. The second-order valence-electron chi connectivity index (χ2n) is 5.87. The summed E-state index contributed by atoms with van der Waals surface area (Å²) in [5, 5.41) is 9.95. The Hall–Kier alpha value is -3.18. The zero-order valence-electron chi connectivity index (χ0n) is 14.9. The summed E-state index contributed by atoms with van der Waals surface area (Å²) in [4.78, 5) is 0. The topological polar surface area (TPSA) is 45.7 Å². The van der Waals surface area contributed by atoms with Crippen LogP contribution in [0.1, 0.15) is 11.1 Å². The summed E-state index contributed by atoms with van der Waals surface area (Å²) in [6, 6.07) is 22.3. The Balaban J connectivity index is 1.62. The van der Waals surface area contributed by atoms with Crippen molar-refractivity contribution in [2.75, 3.05) is 6.54 Å². The number of benzene rings is 3. The maximum absolute atomic E-state index is 5.99. The van der Waals surface area contributed by atoms with E-state index in [1.807, 2.05) is 36.4 Å². The Bertz CT molecular complexity index is 963.